The van der Waals surface area contributed by atoms with Crippen molar-refractivity contribution in [1.29, 1.82) is 0 Å². The number of hydrogen-bond acceptors (Lipinski definition) is 6. The van der Waals surface area contributed by atoms with Crippen molar-refractivity contribution < 1.29 is 28.5 Å². The predicted molar refractivity (Wildman–Crippen MR) is 99.4 cm³/mol. The van der Waals surface area contributed by atoms with E-state index in [0.29, 0.717) is 11.4 Å². The van der Waals surface area contributed by atoms with E-state index in [-0.39, 0.29) is 35.4 Å². The molecule has 8 heteroatoms. The molecule has 0 saturated carbocycles. The molecule has 0 atom stereocenters. The highest BCUT2D eigenvalue weighted by atomic mass is 16.5. The van der Waals surface area contributed by atoms with Crippen molar-refractivity contribution in [3.8, 4) is 22.9 Å². The molecule has 27 heavy (non-hydrogen) atoms. The third-order valence-corrected chi connectivity index (χ3v) is 3.90. The molecule has 0 saturated heterocycles. The van der Waals surface area contributed by atoms with Crippen molar-refractivity contribution in [3.05, 3.63) is 35.7 Å². The molecule has 1 aromatic heterocycles. The minimum Gasteiger partial charge on any atom is -0.497 e. The Morgan fingerprint density at radius 1 is 0.926 bits per heavy atom. The van der Waals surface area contributed by atoms with Crippen LogP contribution in [0.5, 0.6) is 17.2 Å². The molecule has 0 aliphatic carbocycles. The SMILES string of the molecule is CCOC(=O)c1c(OC)c(OC)c(C(=O)N(C)C)n1-c1ccc(OC)cc1. The van der Waals surface area contributed by atoms with E-state index in [0.717, 1.165) is 0 Å². The average Bonchev–Trinajstić information content (AvgIpc) is 3.01. The Morgan fingerprint density at radius 3 is 1.93 bits per heavy atom. The number of ether oxygens (including phenoxy) is 4. The monoisotopic (exact) mass is 376 g/mol. The largest absolute Gasteiger partial charge is 0.497 e. The fourth-order valence-corrected chi connectivity index (χ4v) is 2.69. The summed E-state index contributed by atoms with van der Waals surface area (Å²) in [5.41, 5.74) is 0.796. The van der Waals surface area contributed by atoms with Crippen LogP contribution in [0.15, 0.2) is 24.3 Å². The quantitative estimate of drug-likeness (QED) is 0.691. The Hall–Kier alpha value is -3.16. The zero-order valence-electron chi connectivity index (χ0n) is 16.4. The van der Waals surface area contributed by atoms with Crippen LogP contribution in [-0.4, -0.2) is 63.4 Å². The summed E-state index contributed by atoms with van der Waals surface area (Å²) in [6, 6.07) is 6.92. The summed E-state index contributed by atoms with van der Waals surface area (Å²) < 4.78 is 22.7. The standard InChI is InChI=1S/C19H24N2O6/c1-7-27-19(23)15-17(26-6)16(25-5)14(18(22)20(2)3)21(15)12-8-10-13(24-4)11-9-12/h8-11H,7H2,1-6H3. The molecule has 8 nitrogen and oxygen atoms in total. The Labute approximate surface area is 158 Å². The molecule has 1 amide bonds. The molecular formula is C19H24N2O6. The highest BCUT2D eigenvalue weighted by Crippen LogP contribution is 2.41. The summed E-state index contributed by atoms with van der Waals surface area (Å²) in [7, 11) is 7.61. The van der Waals surface area contributed by atoms with Crippen molar-refractivity contribution in [2.24, 2.45) is 0 Å². The number of benzene rings is 1. The smallest absolute Gasteiger partial charge is 0.359 e. The van der Waals surface area contributed by atoms with E-state index in [9.17, 15) is 9.59 Å². The molecule has 1 heterocycles. The number of amides is 1. The van der Waals surface area contributed by atoms with Gasteiger partial charge in [0.15, 0.2) is 22.9 Å². The Morgan fingerprint density at radius 2 is 1.48 bits per heavy atom. The van der Waals surface area contributed by atoms with Gasteiger partial charge in [-0.05, 0) is 31.2 Å². The number of hydrogen-bond donors (Lipinski definition) is 0. The van der Waals surface area contributed by atoms with E-state index in [1.807, 2.05) is 0 Å². The van der Waals surface area contributed by atoms with Crippen LogP contribution < -0.4 is 14.2 Å². The summed E-state index contributed by atoms with van der Waals surface area (Å²) in [5, 5.41) is 0. The number of carbonyl (C=O) groups is 2. The zero-order valence-corrected chi connectivity index (χ0v) is 16.4. The minimum atomic E-state index is -0.624. The van der Waals surface area contributed by atoms with Crippen LogP contribution in [0.1, 0.15) is 27.9 Å². The van der Waals surface area contributed by atoms with Crippen molar-refractivity contribution in [2.75, 3.05) is 42.0 Å². The van der Waals surface area contributed by atoms with Crippen LogP contribution in [-0.2, 0) is 4.74 Å². The first kappa shape index (κ1) is 20.2. The summed E-state index contributed by atoms with van der Waals surface area (Å²) in [4.78, 5) is 27.0. The summed E-state index contributed by atoms with van der Waals surface area (Å²) in [5.74, 6) is -0.0344. The van der Waals surface area contributed by atoms with Gasteiger partial charge in [-0.1, -0.05) is 0 Å². The van der Waals surface area contributed by atoms with Gasteiger partial charge in [0.1, 0.15) is 5.75 Å². The third kappa shape index (κ3) is 3.69. The number of esters is 1. The van der Waals surface area contributed by atoms with E-state index in [4.69, 9.17) is 18.9 Å². The van der Waals surface area contributed by atoms with Crippen molar-refractivity contribution in [2.45, 2.75) is 6.92 Å². The summed E-state index contributed by atoms with van der Waals surface area (Å²) in [6.07, 6.45) is 0. The summed E-state index contributed by atoms with van der Waals surface area (Å²) in [6.45, 7) is 1.88. The third-order valence-electron chi connectivity index (χ3n) is 3.90. The maximum Gasteiger partial charge on any atom is 0.359 e. The lowest BCUT2D eigenvalue weighted by atomic mass is 10.2. The van der Waals surface area contributed by atoms with E-state index >= 15 is 0 Å². The number of aromatic nitrogens is 1. The van der Waals surface area contributed by atoms with Gasteiger partial charge in [-0.25, -0.2) is 4.79 Å². The highest BCUT2D eigenvalue weighted by Gasteiger charge is 2.34. The van der Waals surface area contributed by atoms with Gasteiger partial charge in [0, 0.05) is 19.8 Å². The van der Waals surface area contributed by atoms with Gasteiger partial charge in [0.2, 0.25) is 0 Å². The molecule has 0 aliphatic rings. The van der Waals surface area contributed by atoms with Crippen LogP contribution in [0.3, 0.4) is 0 Å². The molecule has 0 N–H and O–H groups in total. The number of carbonyl (C=O) groups excluding carboxylic acids is 2. The van der Waals surface area contributed by atoms with Gasteiger partial charge in [0.05, 0.1) is 27.9 Å². The van der Waals surface area contributed by atoms with Crippen LogP contribution in [0, 0.1) is 0 Å². The molecular weight excluding hydrogens is 352 g/mol. The van der Waals surface area contributed by atoms with E-state index < -0.39 is 5.97 Å². The first-order chi connectivity index (χ1) is 12.9. The van der Waals surface area contributed by atoms with Crippen LogP contribution in [0.25, 0.3) is 5.69 Å². The molecule has 2 rings (SSSR count). The van der Waals surface area contributed by atoms with Crippen LogP contribution in [0.2, 0.25) is 0 Å². The highest BCUT2D eigenvalue weighted by molar-refractivity contribution is 6.02. The second kappa shape index (κ2) is 8.48. The van der Waals surface area contributed by atoms with E-state index in [2.05, 4.69) is 0 Å². The molecule has 146 valence electrons. The first-order valence-corrected chi connectivity index (χ1v) is 8.31. The molecule has 2 aromatic rings. The molecule has 0 radical (unpaired) electrons. The minimum absolute atomic E-state index is 0.0755. The molecule has 0 fully saturated rings. The van der Waals surface area contributed by atoms with Gasteiger partial charge >= 0.3 is 5.97 Å². The zero-order chi connectivity index (χ0) is 20.1. The van der Waals surface area contributed by atoms with Gasteiger partial charge in [-0.15, -0.1) is 0 Å². The lowest BCUT2D eigenvalue weighted by Crippen LogP contribution is -2.26. The van der Waals surface area contributed by atoms with Gasteiger partial charge < -0.3 is 23.8 Å². The number of methoxy groups -OCH3 is 3. The second-order valence-electron chi connectivity index (χ2n) is 5.72. The Balaban J connectivity index is 2.88. The van der Waals surface area contributed by atoms with Crippen molar-refractivity contribution >= 4 is 11.9 Å². The van der Waals surface area contributed by atoms with Crippen LogP contribution in [0.4, 0.5) is 0 Å². The topological polar surface area (TPSA) is 79.2 Å². The van der Waals surface area contributed by atoms with Gasteiger partial charge in [-0.3, -0.25) is 9.36 Å². The van der Waals surface area contributed by atoms with Crippen LogP contribution >= 0.6 is 0 Å². The van der Waals surface area contributed by atoms with E-state index in [1.54, 1.807) is 52.4 Å². The Bertz CT molecular complexity index is 824. The maximum atomic E-state index is 12.9. The summed E-state index contributed by atoms with van der Waals surface area (Å²) >= 11 is 0. The first-order valence-electron chi connectivity index (χ1n) is 8.31. The molecule has 1 aromatic carbocycles. The average molecular weight is 376 g/mol. The number of rotatable bonds is 7. The normalized spacial score (nSPS) is 10.3. The molecule has 0 unspecified atom stereocenters. The predicted octanol–water partition coefficient (Wildman–Crippen LogP) is 2.38. The molecule has 0 aliphatic heterocycles. The second-order valence-corrected chi connectivity index (χ2v) is 5.72. The van der Waals surface area contributed by atoms with Crippen molar-refractivity contribution in [1.82, 2.24) is 9.47 Å². The maximum absolute atomic E-state index is 12.9. The van der Waals surface area contributed by atoms with Crippen molar-refractivity contribution in [3.63, 3.8) is 0 Å². The van der Waals surface area contributed by atoms with Gasteiger partial charge in [0.25, 0.3) is 5.91 Å². The lowest BCUT2D eigenvalue weighted by Gasteiger charge is -2.16. The lowest BCUT2D eigenvalue weighted by molar-refractivity contribution is 0.0513. The number of nitrogens with zero attached hydrogens (tertiary/aromatic N) is 2. The fourth-order valence-electron chi connectivity index (χ4n) is 2.69. The van der Waals surface area contributed by atoms with E-state index in [1.165, 1.54) is 23.7 Å². The molecule has 0 spiro atoms. The molecule has 0 bridgehead atoms. The Kier molecular flexibility index (Phi) is 6.33. The fraction of sp³-hybridized carbons (Fsp3) is 0.368. The van der Waals surface area contributed by atoms with Gasteiger partial charge in [-0.2, -0.15) is 0 Å².